The van der Waals surface area contributed by atoms with E-state index in [1.54, 1.807) is 0 Å². The summed E-state index contributed by atoms with van der Waals surface area (Å²) in [6.07, 6.45) is 4.31. The zero-order chi connectivity index (χ0) is 17.0. The molecule has 2 aromatic carbocycles. The van der Waals surface area contributed by atoms with Crippen molar-refractivity contribution in [1.82, 2.24) is 10.6 Å². The molecule has 24 heavy (non-hydrogen) atoms. The molecule has 0 saturated heterocycles. The molecule has 0 aliphatic carbocycles. The monoisotopic (exact) mass is 325 g/mol. The molecule has 0 spiro atoms. The highest BCUT2D eigenvalue weighted by molar-refractivity contribution is 5.89. The first kappa shape index (κ1) is 18.0. The highest BCUT2D eigenvalue weighted by Gasteiger charge is 2.11. The van der Waals surface area contributed by atoms with Crippen molar-refractivity contribution in [3.8, 4) is 0 Å². The number of rotatable bonds is 9. The standard InChI is InChI=1S/C20H27N3O/c1-2-3-6-15-19(21-16-17-11-7-4-8-12-17)23-20(24)22-18-13-9-5-10-14-18/h4-5,7-14,19,21H,2-3,6,15-16H2,1H3,(H2,22,23,24). The molecule has 0 heterocycles. The van der Waals surface area contributed by atoms with Crippen molar-refractivity contribution in [1.29, 1.82) is 0 Å². The minimum atomic E-state index is -0.178. The molecule has 0 fully saturated rings. The van der Waals surface area contributed by atoms with E-state index in [4.69, 9.17) is 0 Å². The third-order valence-electron chi connectivity index (χ3n) is 3.83. The van der Waals surface area contributed by atoms with Crippen LogP contribution in [0.25, 0.3) is 0 Å². The minimum absolute atomic E-state index is 0.0412. The third kappa shape index (κ3) is 6.84. The summed E-state index contributed by atoms with van der Waals surface area (Å²) in [7, 11) is 0. The second-order valence-corrected chi connectivity index (χ2v) is 5.88. The Hall–Kier alpha value is -2.33. The van der Waals surface area contributed by atoms with Gasteiger partial charge in [-0.25, -0.2) is 4.79 Å². The Morgan fingerprint density at radius 2 is 1.62 bits per heavy atom. The molecule has 0 radical (unpaired) electrons. The van der Waals surface area contributed by atoms with Crippen molar-refractivity contribution >= 4 is 11.7 Å². The summed E-state index contributed by atoms with van der Waals surface area (Å²) >= 11 is 0. The van der Waals surface area contributed by atoms with Crippen molar-refractivity contribution in [3.05, 3.63) is 66.2 Å². The first-order valence-electron chi connectivity index (χ1n) is 8.68. The molecule has 4 heteroatoms. The second kappa shape index (κ2) is 10.4. The molecular formula is C20H27N3O. The molecule has 0 aliphatic heterocycles. The smallest absolute Gasteiger partial charge is 0.320 e. The summed E-state index contributed by atoms with van der Waals surface area (Å²) in [5.74, 6) is 0. The van der Waals surface area contributed by atoms with Gasteiger partial charge in [0.05, 0.1) is 6.17 Å². The summed E-state index contributed by atoms with van der Waals surface area (Å²) in [4.78, 5) is 12.2. The van der Waals surface area contributed by atoms with Crippen molar-refractivity contribution in [2.24, 2.45) is 0 Å². The molecule has 3 N–H and O–H groups in total. The molecule has 0 bridgehead atoms. The highest BCUT2D eigenvalue weighted by atomic mass is 16.2. The van der Waals surface area contributed by atoms with Crippen molar-refractivity contribution in [3.63, 3.8) is 0 Å². The molecule has 1 unspecified atom stereocenters. The van der Waals surface area contributed by atoms with Gasteiger partial charge in [0.2, 0.25) is 0 Å². The van der Waals surface area contributed by atoms with E-state index < -0.39 is 0 Å². The van der Waals surface area contributed by atoms with Crippen LogP contribution in [0.15, 0.2) is 60.7 Å². The van der Waals surface area contributed by atoms with E-state index in [0.29, 0.717) is 0 Å². The maximum absolute atomic E-state index is 12.2. The number of para-hydroxylation sites is 1. The van der Waals surface area contributed by atoms with Crippen LogP contribution in [0.1, 0.15) is 38.2 Å². The third-order valence-corrected chi connectivity index (χ3v) is 3.83. The van der Waals surface area contributed by atoms with E-state index in [0.717, 1.165) is 25.1 Å². The number of hydrogen-bond acceptors (Lipinski definition) is 2. The molecule has 2 amide bonds. The van der Waals surface area contributed by atoms with Crippen molar-refractivity contribution in [2.45, 2.75) is 45.3 Å². The number of urea groups is 1. The van der Waals surface area contributed by atoms with Crippen LogP contribution in [0.3, 0.4) is 0 Å². The Kier molecular flexibility index (Phi) is 7.84. The molecule has 2 rings (SSSR count). The van der Waals surface area contributed by atoms with Gasteiger partial charge >= 0.3 is 6.03 Å². The number of anilines is 1. The van der Waals surface area contributed by atoms with Gasteiger partial charge in [0.25, 0.3) is 0 Å². The SMILES string of the molecule is CCCCCC(NCc1ccccc1)NC(=O)Nc1ccccc1. The average molecular weight is 325 g/mol. The van der Waals surface area contributed by atoms with Crippen LogP contribution in [0.5, 0.6) is 0 Å². The van der Waals surface area contributed by atoms with Gasteiger partial charge in [-0.15, -0.1) is 0 Å². The number of carbonyl (C=O) groups is 1. The van der Waals surface area contributed by atoms with Crippen LogP contribution >= 0.6 is 0 Å². The topological polar surface area (TPSA) is 53.2 Å². The van der Waals surface area contributed by atoms with E-state index in [2.05, 4.69) is 35.0 Å². The summed E-state index contributed by atoms with van der Waals surface area (Å²) in [6, 6.07) is 19.5. The molecule has 0 aromatic heterocycles. The Morgan fingerprint density at radius 1 is 0.958 bits per heavy atom. The lowest BCUT2D eigenvalue weighted by atomic mass is 10.1. The van der Waals surface area contributed by atoms with Gasteiger partial charge in [0.1, 0.15) is 0 Å². The van der Waals surface area contributed by atoms with Crippen molar-refractivity contribution < 1.29 is 4.79 Å². The van der Waals surface area contributed by atoms with Gasteiger partial charge in [0.15, 0.2) is 0 Å². The summed E-state index contributed by atoms with van der Waals surface area (Å²) < 4.78 is 0. The minimum Gasteiger partial charge on any atom is -0.323 e. The molecule has 128 valence electrons. The number of unbranched alkanes of at least 4 members (excludes halogenated alkanes) is 2. The Bertz CT molecular complexity index is 586. The summed E-state index contributed by atoms with van der Waals surface area (Å²) in [5, 5.41) is 9.34. The van der Waals surface area contributed by atoms with E-state index in [1.807, 2.05) is 48.5 Å². The van der Waals surface area contributed by atoms with Crippen molar-refractivity contribution in [2.75, 3.05) is 5.32 Å². The number of nitrogens with one attached hydrogen (secondary N) is 3. The van der Waals surface area contributed by atoms with Gasteiger partial charge in [-0.05, 0) is 24.1 Å². The number of hydrogen-bond donors (Lipinski definition) is 3. The van der Waals surface area contributed by atoms with Gasteiger partial charge in [-0.2, -0.15) is 0 Å². The quantitative estimate of drug-likeness (QED) is 0.469. The van der Waals surface area contributed by atoms with E-state index >= 15 is 0 Å². The fraction of sp³-hybridized carbons (Fsp3) is 0.350. The predicted molar refractivity (Wildman–Crippen MR) is 99.8 cm³/mol. The van der Waals surface area contributed by atoms with Crippen LogP contribution in [-0.4, -0.2) is 12.2 Å². The lowest BCUT2D eigenvalue weighted by Crippen LogP contribution is -2.46. The molecular weight excluding hydrogens is 298 g/mol. The Labute approximate surface area is 144 Å². The van der Waals surface area contributed by atoms with Crippen LogP contribution in [0.4, 0.5) is 10.5 Å². The molecule has 0 aliphatic rings. The van der Waals surface area contributed by atoms with Crippen LogP contribution in [0, 0.1) is 0 Å². The molecule has 1 atom stereocenters. The largest absolute Gasteiger partial charge is 0.323 e. The lowest BCUT2D eigenvalue weighted by molar-refractivity contribution is 0.244. The molecule has 2 aromatic rings. The maximum atomic E-state index is 12.2. The van der Waals surface area contributed by atoms with Crippen LogP contribution < -0.4 is 16.0 Å². The fourth-order valence-corrected chi connectivity index (χ4v) is 2.51. The summed E-state index contributed by atoms with van der Waals surface area (Å²) in [6.45, 7) is 2.92. The number of amides is 2. The molecule has 4 nitrogen and oxygen atoms in total. The number of benzene rings is 2. The molecule has 0 saturated carbocycles. The summed E-state index contributed by atoms with van der Waals surface area (Å²) in [5.41, 5.74) is 2.01. The Morgan fingerprint density at radius 3 is 2.29 bits per heavy atom. The van der Waals surface area contributed by atoms with Crippen LogP contribution in [0.2, 0.25) is 0 Å². The number of carbonyl (C=O) groups excluding carboxylic acids is 1. The zero-order valence-corrected chi connectivity index (χ0v) is 14.3. The first-order chi connectivity index (χ1) is 11.8. The average Bonchev–Trinajstić information content (AvgIpc) is 2.61. The zero-order valence-electron chi connectivity index (χ0n) is 14.3. The lowest BCUT2D eigenvalue weighted by Gasteiger charge is -2.21. The fourth-order valence-electron chi connectivity index (χ4n) is 2.51. The first-order valence-corrected chi connectivity index (χ1v) is 8.68. The second-order valence-electron chi connectivity index (χ2n) is 5.88. The van der Waals surface area contributed by atoms with E-state index in [9.17, 15) is 4.79 Å². The van der Waals surface area contributed by atoms with E-state index in [1.165, 1.54) is 18.4 Å². The van der Waals surface area contributed by atoms with Crippen LogP contribution in [-0.2, 0) is 6.54 Å². The Balaban J connectivity index is 1.85. The maximum Gasteiger partial charge on any atom is 0.320 e. The normalized spacial score (nSPS) is 11.7. The van der Waals surface area contributed by atoms with Gasteiger partial charge in [0, 0.05) is 12.2 Å². The van der Waals surface area contributed by atoms with Gasteiger partial charge in [-0.1, -0.05) is 74.7 Å². The predicted octanol–water partition coefficient (Wildman–Crippen LogP) is 4.50. The highest BCUT2D eigenvalue weighted by Crippen LogP contribution is 2.07. The van der Waals surface area contributed by atoms with E-state index in [-0.39, 0.29) is 12.2 Å². The van der Waals surface area contributed by atoms with Gasteiger partial charge < -0.3 is 10.6 Å². The van der Waals surface area contributed by atoms with Gasteiger partial charge in [-0.3, -0.25) is 5.32 Å².